The van der Waals surface area contributed by atoms with Crippen molar-refractivity contribution in [2.24, 2.45) is 0 Å². The van der Waals surface area contributed by atoms with Crippen LogP contribution in [0.3, 0.4) is 0 Å². The zero-order chi connectivity index (χ0) is 21.2. The average Bonchev–Trinajstić information content (AvgIpc) is 3.34. The fraction of sp³-hybridized carbons (Fsp3) is 0.480. The number of carbonyl (C=O) groups is 1. The molecule has 0 N–H and O–H groups in total. The lowest BCUT2D eigenvalue weighted by Crippen LogP contribution is -2.40. The molecule has 0 atom stereocenters. The summed E-state index contributed by atoms with van der Waals surface area (Å²) in [5, 5.41) is 0.191. The molecule has 2 aromatic carbocycles. The van der Waals surface area contributed by atoms with Crippen LogP contribution in [0.2, 0.25) is 18.1 Å². The Bertz CT molecular complexity index is 994. The van der Waals surface area contributed by atoms with Crippen molar-refractivity contribution in [1.29, 1.82) is 0 Å². The third-order valence-electron chi connectivity index (χ3n) is 7.01. The highest BCUT2D eigenvalue weighted by Crippen LogP contribution is 2.52. The highest BCUT2D eigenvalue weighted by atomic mass is 28.4. The first-order chi connectivity index (χ1) is 13.5. The summed E-state index contributed by atoms with van der Waals surface area (Å²) < 4.78 is 12.5. The van der Waals surface area contributed by atoms with E-state index in [0.717, 1.165) is 46.4 Å². The van der Waals surface area contributed by atoms with Gasteiger partial charge in [0.25, 0.3) is 0 Å². The third-order valence-corrected chi connectivity index (χ3v) is 11.5. The molecular formula is C25H32O3Si. The maximum absolute atomic E-state index is 12.9. The molecule has 3 nitrogen and oxygen atoms in total. The first kappa shape index (κ1) is 20.4. The van der Waals surface area contributed by atoms with Gasteiger partial charge in [-0.1, -0.05) is 39.0 Å². The van der Waals surface area contributed by atoms with Crippen LogP contribution in [0.1, 0.15) is 60.7 Å². The highest BCUT2D eigenvalue weighted by Gasteiger charge is 2.58. The summed E-state index contributed by atoms with van der Waals surface area (Å²) in [6.45, 7) is 16.1. The van der Waals surface area contributed by atoms with Gasteiger partial charge >= 0.3 is 0 Å². The van der Waals surface area contributed by atoms with Crippen LogP contribution >= 0.6 is 0 Å². The van der Waals surface area contributed by atoms with E-state index in [1.54, 1.807) is 0 Å². The van der Waals surface area contributed by atoms with Crippen LogP contribution in [0.5, 0.6) is 5.75 Å². The summed E-state index contributed by atoms with van der Waals surface area (Å²) in [6, 6.07) is 10.6. The second-order valence-corrected chi connectivity index (χ2v) is 15.1. The summed E-state index contributed by atoms with van der Waals surface area (Å²) in [4.78, 5) is 12.9. The van der Waals surface area contributed by atoms with E-state index in [0.29, 0.717) is 6.61 Å². The first-order valence-electron chi connectivity index (χ1n) is 10.6. The number of aryl methyl sites for hydroxylation is 1. The van der Waals surface area contributed by atoms with Gasteiger partial charge in [0.1, 0.15) is 5.75 Å². The standard InChI is InChI=1S/C25H32O3Si/c1-16-13-20-22(23(26)25(28-20)11-12-25)17(2)21(16)19-10-8-9-18(14-19)15-27-29(6,7)24(3,4)5/h8-10,13-14H,11-12,15H2,1-7H3. The largest absolute Gasteiger partial charge is 0.478 e. The number of Topliss-reactive ketones (excluding diaryl/α,β-unsaturated/α-hetero) is 1. The van der Waals surface area contributed by atoms with E-state index in [-0.39, 0.29) is 10.8 Å². The summed E-state index contributed by atoms with van der Waals surface area (Å²) in [5.74, 6) is 0.937. The van der Waals surface area contributed by atoms with Crippen LogP contribution in [0.25, 0.3) is 11.1 Å². The number of benzene rings is 2. The monoisotopic (exact) mass is 408 g/mol. The molecule has 0 unspecified atom stereocenters. The molecule has 0 amide bonds. The zero-order valence-electron chi connectivity index (χ0n) is 18.7. The van der Waals surface area contributed by atoms with E-state index in [1.807, 2.05) is 6.07 Å². The maximum Gasteiger partial charge on any atom is 0.210 e. The molecule has 29 heavy (non-hydrogen) atoms. The average molecular weight is 409 g/mol. The predicted molar refractivity (Wildman–Crippen MR) is 120 cm³/mol. The lowest BCUT2D eigenvalue weighted by atomic mass is 9.89. The van der Waals surface area contributed by atoms with Gasteiger partial charge in [-0.25, -0.2) is 0 Å². The van der Waals surface area contributed by atoms with E-state index < -0.39 is 13.9 Å². The predicted octanol–water partition coefficient (Wildman–Crippen LogP) is 6.60. The molecule has 1 aliphatic heterocycles. The zero-order valence-corrected chi connectivity index (χ0v) is 19.7. The molecule has 4 rings (SSSR count). The van der Waals surface area contributed by atoms with Crippen LogP contribution in [-0.4, -0.2) is 19.7 Å². The van der Waals surface area contributed by atoms with E-state index in [2.05, 4.69) is 72.0 Å². The molecule has 0 radical (unpaired) electrons. The van der Waals surface area contributed by atoms with Crippen molar-refractivity contribution in [3.05, 3.63) is 52.6 Å². The molecular weight excluding hydrogens is 376 g/mol. The summed E-state index contributed by atoms with van der Waals surface area (Å²) in [7, 11) is -1.80. The Morgan fingerprint density at radius 3 is 2.41 bits per heavy atom. The lowest BCUT2D eigenvalue weighted by molar-refractivity contribution is 0.0820. The summed E-state index contributed by atoms with van der Waals surface area (Å²) >= 11 is 0. The Balaban J connectivity index is 1.66. The Morgan fingerprint density at radius 1 is 1.10 bits per heavy atom. The van der Waals surface area contributed by atoms with E-state index in [4.69, 9.17) is 9.16 Å². The minimum absolute atomic E-state index is 0.170. The normalized spacial score (nSPS) is 17.4. The second-order valence-electron chi connectivity index (χ2n) is 10.2. The molecule has 1 spiro atoms. The molecule has 1 saturated carbocycles. The summed E-state index contributed by atoms with van der Waals surface area (Å²) in [6.07, 6.45) is 1.68. The van der Waals surface area contributed by atoms with Gasteiger partial charge in [0, 0.05) is 0 Å². The lowest BCUT2D eigenvalue weighted by Gasteiger charge is -2.36. The van der Waals surface area contributed by atoms with Crippen molar-refractivity contribution < 1.29 is 14.0 Å². The molecule has 2 aliphatic rings. The van der Waals surface area contributed by atoms with Gasteiger partial charge in [0.05, 0.1) is 12.2 Å². The number of rotatable bonds is 4. The molecule has 2 aromatic rings. The number of carbonyl (C=O) groups excluding carboxylic acids is 1. The van der Waals surface area contributed by atoms with Crippen molar-refractivity contribution in [2.45, 2.75) is 77.8 Å². The topological polar surface area (TPSA) is 35.5 Å². The number of fused-ring (bicyclic) bond motifs is 1. The third kappa shape index (κ3) is 3.36. The molecule has 0 saturated heterocycles. The smallest absolute Gasteiger partial charge is 0.210 e. The van der Waals surface area contributed by atoms with Gasteiger partial charge in [0.15, 0.2) is 13.9 Å². The van der Waals surface area contributed by atoms with E-state index >= 15 is 0 Å². The molecule has 0 bridgehead atoms. The Hall–Kier alpha value is -1.91. The second kappa shape index (κ2) is 6.54. The number of hydrogen-bond donors (Lipinski definition) is 0. The van der Waals surface area contributed by atoms with Gasteiger partial charge < -0.3 is 9.16 Å². The van der Waals surface area contributed by atoms with Gasteiger partial charge in [-0.15, -0.1) is 0 Å². The van der Waals surface area contributed by atoms with Gasteiger partial charge in [-0.3, -0.25) is 4.79 Å². The van der Waals surface area contributed by atoms with E-state index in [1.165, 1.54) is 5.56 Å². The van der Waals surface area contributed by atoms with Crippen molar-refractivity contribution >= 4 is 14.1 Å². The minimum Gasteiger partial charge on any atom is -0.478 e. The van der Waals surface area contributed by atoms with Crippen molar-refractivity contribution in [3.63, 3.8) is 0 Å². The van der Waals surface area contributed by atoms with Gasteiger partial charge in [0.2, 0.25) is 5.78 Å². The van der Waals surface area contributed by atoms with Crippen LogP contribution < -0.4 is 4.74 Å². The van der Waals surface area contributed by atoms with Crippen molar-refractivity contribution in [1.82, 2.24) is 0 Å². The molecule has 1 heterocycles. The molecule has 1 aliphatic carbocycles. The van der Waals surface area contributed by atoms with Crippen molar-refractivity contribution in [2.75, 3.05) is 0 Å². The molecule has 0 aromatic heterocycles. The molecule has 4 heteroatoms. The Labute approximate surface area is 175 Å². The Kier molecular flexibility index (Phi) is 4.60. The molecule has 154 valence electrons. The van der Waals surface area contributed by atoms with Gasteiger partial charge in [-0.05, 0) is 84.8 Å². The van der Waals surface area contributed by atoms with Crippen LogP contribution in [-0.2, 0) is 11.0 Å². The first-order valence-corrected chi connectivity index (χ1v) is 13.5. The number of ketones is 1. The van der Waals surface area contributed by atoms with Crippen LogP contribution in [0.15, 0.2) is 30.3 Å². The Morgan fingerprint density at radius 2 is 1.79 bits per heavy atom. The highest BCUT2D eigenvalue weighted by molar-refractivity contribution is 6.74. The minimum atomic E-state index is -1.80. The van der Waals surface area contributed by atoms with Crippen LogP contribution in [0.4, 0.5) is 0 Å². The van der Waals surface area contributed by atoms with Crippen LogP contribution in [0, 0.1) is 13.8 Å². The fourth-order valence-electron chi connectivity index (χ4n) is 3.98. The van der Waals surface area contributed by atoms with E-state index in [9.17, 15) is 4.79 Å². The summed E-state index contributed by atoms with van der Waals surface area (Å²) in [5.41, 5.74) is 5.89. The van der Waals surface area contributed by atoms with Crippen molar-refractivity contribution in [3.8, 4) is 16.9 Å². The SMILES string of the molecule is Cc1cc2c(c(C)c1-c1cccc(CO[Si](C)(C)C(C)(C)C)c1)C(=O)C1(CC1)O2. The molecule has 1 fully saturated rings. The number of ether oxygens (including phenoxy) is 1. The number of hydrogen-bond acceptors (Lipinski definition) is 3. The fourth-order valence-corrected chi connectivity index (χ4v) is 4.94. The van der Waals surface area contributed by atoms with Gasteiger partial charge in [-0.2, -0.15) is 0 Å². The quantitative estimate of drug-likeness (QED) is 0.535. The maximum atomic E-state index is 12.9.